The maximum absolute atomic E-state index is 13.0. The Hall–Kier alpha value is -2.16. The van der Waals surface area contributed by atoms with Crippen LogP contribution in [0, 0.1) is 5.82 Å². The Kier molecular flexibility index (Phi) is 6.30. The summed E-state index contributed by atoms with van der Waals surface area (Å²) in [4.78, 5) is -0.132. The van der Waals surface area contributed by atoms with Crippen molar-refractivity contribution in [3.8, 4) is 11.5 Å². The summed E-state index contributed by atoms with van der Waals surface area (Å²) in [7, 11) is -2.67. The average Bonchev–Trinajstić information content (AvgIpc) is 3.15. The summed E-state index contributed by atoms with van der Waals surface area (Å²) in [6.07, 6.45) is 2.34. The van der Waals surface area contributed by atoms with Crippen molar-refractivity contribution in [2.75, 3.05) is 20.3 Å². The monoisotopic (exact) mass is 395 g/mol. The van der Waals surface area contributed by atoms with Gasteiger partial charge in [-0.05, 0) is 54.8 Å². The van der Waals surface area contributed by atoms with E-state index in [9.17, 15) is 12.8 Å². The molecule has 2 aromatic rings. The molecule has 3 rings (SSSR count). The van der Waals surface area contributed by atoms with Crippen molar-refractivity contribution in [2.24, 2.45) is 0 Å². The van der Waals surface area contributed by atoms with Crippen molar-refractivity contribution >= 4 is 10.1 Å². The Morgan fingerprint density at radius 3 is 2.63 bits per heavy atom. The third kappa shape index (κ3) is 5.18. The average molecular weight is 395 g/mol. The molecule has 2 aromatic carbocycles. The predicted molar refractivity (Wildman–Crippen MR) is 97.9 cm³/mol. The zero-order valence-corrected chi connectivity index (χ0v) is 15.8. The second-order valence-corrected chi connectivity index (χ2v) is 7.79. The first kappa shape index (κ1) is 19.6. The minimum absolute atomic E-state index is 0.0817. The number of hydrogen-bond acceptors (Lipinski definition) is 6. The van der Waals surface area contributed by atoms with Crippen molar-refractivity contribution < 1.29 is 26.5 Å². The lowest BCUT2D eigenvalue weighted by Gasteiger charge is -2.14. The quantitative estimate of drug-likeness (QED) is 0.693. The summed E-state index contributed by atoms with van der Waals surface area (Å²) in [5, 5.41) is 3.30. The maximum atomic E-state index is 13.0. The van der Waals surface area contributed by atoms with Gasteiger partial charge in [0.05, 0.1) is 13.2 Å². The Morgan fingerprint density at radius 2 is 1.96 bits per heavy atom. The summed E-state index contributed by atoms with van der Waals surface area (Å²) in [5.41, 5.74) is 0.845. The number of hydrogen-bond donors (Lipinski definition) is 1. The third-order valence-electron chi connectivity index (χ3n) is 4.25. The molecule has 1 heterocycles. The number of halogens is 1. The first-order valence-corrected chi connectivity index (χ1v) is 10.1. The van der Waals surface area contributed by atoms with Gasteiger partial charge in [0.1, 0.15) is 10.7 Å². The van der Waals surface area contributed by atoms with Gasteiger partial charge in [0.15, 0.2) is 11.5 Å². The first-order valence-electron chi connectivity index (χ1n) is 8.67. The molecule has 0 bridgehead atoms. The molecular formula is C19H22FNO5S. The molecule has 0 radical (unpaired) electrons. The molecule has 1 N–H and O–H groups in total. The molecule has 1 unspecified atom stereocenters. The molecule has 1 saturated heterocycles. The molecule has 0 saturated carbocycles. The number of methoxy groups -OCH3 is 1. The molecule has 27 heavy (non-hydrogen) atoms. The van der Waals surface area contributed by atoms with Crippen LogP contribution < -0.4 is 14.2 Å². The lowest BCUT2D eigenvalue weighted by molar-refractivity contribution is 0.110. The van der Waals surface area contributed by atoms with E-state index >= 15 is 0 Å². The van der Waals surface area contributed by atoms with Gasteiger partial charge >= 0.3 is 10.1 Å². The fourth-order valence-corrected chi connectivity index (χ4v) is 3.78. The lowest BCUT2D eigenvalue weighted by atomic mass is 10.2. The molecule has 8 heteroatoms. The van der Waals surface area contributed by atoms with E-state index in [-0.39, 0.29) is 16.7 Å². The molecule has 6 nitrogen and oxygen atoms in total. The molecule has 0 aliphatic carbocycles. The molecule has 146 valence electrons. The van der Waals surface area contributed by atoms with E-state index in [4.69, 9.17) is 13.7 Å². The summed E-state index contributed by atoms with van der Waals surface area (Å²) in [5.74, 6) is -0.146. The van der Waals surface area contributed by atoms with Crippen LogP contribution in [0.1, 0.15) is 18.4 Å². The smallest absolute Gasteiger partial charge is 0.339 e. The van der Waals surface area contributed by atoms with Crippen LogP contribution in [-0.2, 0) is 21.4 Å². The molecule has 1 aliphatic heterocycles. The van der Waals surface area contributed by atoms with Gasteiger partial charge in [-0.3, -0.25) is 0 Å². The minimum Gasteiger partial charge on any atom is -0.493 e. The van der Waals surface area contributed by atoms with Crippen LogP contribution in [0.25, 0.3) is 0 Å². The van der Waals surface area contributed by atoms with Gasteiger partial charge in [0.25, 0.3) is 0 Å². The standard InChI is InChI=1S/C19H22FNO5S/c1-24-18-9-4-14(12-21-13-16-3-2-10-25-16)11-19(18)26-27(22,23)17-7-5-15(20)6-8-17/h4-9,11,16,21H,2-3,10,12-13H2,1H3. The van der Waals surface area contributed by atoms with Crippen molar-refractivity contribution in [1.82, 2.24) is 5.32 Å². The van der Waals surface area contributed by atoms with Crippen LogP contribution in [0.2, 0.25) is 0 Å². The highest BCUT2D eigenvalue weighted by atomic mass is 32.2. The van der Waals surface area contributed by atoms with Gasteiger partial charge in [-0.15, -0.1) is 0 Å². The van der Waals surface area contributed by atoms with Crippen LogP contribution in [0.15, 0.2) is 47.4 Å². The number of rotatable bonds is 8. The van der Waals surface area contributed by atoms with E-state index in [1.165, 1.54) is 7.11 Å². The van der Waals surface area contributed by atoms with E-state index in [1.54, 1.807) is 12.1 Å². The first-order chi connectivity index (χ1) is 13.0. The van der Waals surface area contributed by atoms with E-state index in [1.807, 2.05) is 6.07 Å². The summed E-state index contributed by atoms with van der Waals surface area (Å²) < 4.78 is 53.9. The van der Waals surface area contributed by atoms with Crippen LogP contribution >= 0.6 is 0 Å². The van der Waals surface area contributed by atoms with Gasteiger partial charge in [0, 0.05) is 19.7 Å². The Balaban J connectivity index is 1.71. The van der Waals surface area contributed by atoms with Gasteiger partial charge < -0.3 is 19.0 Å². The van der Waals surface area contributed by atoms with Gasteiger partial charge in [-0.25, -0.2) is 4.39 Å². The van der Waals surface area contributed by atoms with E-state index in [2.05, 4.69) is 5.32 Å². The Labute approximate surface area is 158 Å². The molecule has 0 amide bonds. The van der Waals surface area contributed by atoms with E-state index in [0.717, 1.165) is 55.8 Å². The summed E-state index contributed by atoms with van der Waals surface area (Å²) >= 11 is 0. The van der Waals surface area contributed by atoms with Crippen molar-refractivity contribution in [3.05, 3.63) is 53.8 Å². The van der Waals surface area contributed by atoms with Gasteiger partial charge in [-0.2, -0.15) is 8.42 Å². The van der Waals surface area contributed by atoms with Crippen molar-refractivity contribution in [1.29, 1.82) is 0 Å². The molecule has 1 aliphatic rings. The van der Waals surface area contributed by atoms with Crippen molar-refractivity contribution in [3.63, 3.8) is 0 Å². The lowest BCUT2D eigenvalue weighted by Crippen LogP contribution is -2.25. The van der Waals surface area contributed by atoms with Crippen molar-refractivity contribution in [2.45, 2.75) is 30.4 Å². The molecule has 0 aromatic heterocycles. The van der Waals surface area contributed by atoms with Crippen LogP contribution in [0.3, 0.4) is 0 Å². The minimum atomic E-state index is -4.10. The summed E-state index contributed by atoms with van der Waals surface area (Å²) in [6.45, 7) is 2.07. The largest absolute Gasteiger partial charge is 0.493 e. The number of benzene rings is 2. The molecule has 0 spiro atoms. The second-order valence-electron chi connectivity index (χ2n) is 6.24. The fourth-order valence-electron chi connectivity index (χ4n) is 2.85. The predicted octanol–water partition coefficient (Wildman–Crippen LogP) is 2.87. The fraction of sp³-hybridized carbons (Fsp3) is 0.368. The van der Waals surface area contributed by atoms with Crippen LogP contribution in [-0.4, -0.2) is 34.8 Å². The highest BCUT2D eigenvalue weighted by molar-refractivity contribution is 7.87. The summed E-state index contributed by atoms with van der Waals surface area (Å²) in [6, 6.07) is 9.55. The molecule has 1 atom stereocenters. The highest BCUT2D eigenvalue weighted by Crippen LogP contribution is 2.31. The third-order valence-corrected chi connectivity index (χ3v) is 5.50. The topological polar surface area (TPSA) is 73.9 Å². The Bertz CT molecular complexity index is 864. The van der Waals surface area contributed by atoms with Gasteiger partial charge in [-0.1, -0.05) is 6.07 Å². The maximum Gasteiger partial charge on any atom is 0.339 e. The van der Waals surface area contributed by atoms with Crippen LogP contribution in [0.4, 0.5) is 4.39 Å². The van der Waals surface area contributed by atoms with Gasteiger partial charge in [0.2, 0.25) is 0 Å². The number of ether oxygens (including phenoxy) is 2. The van der Waals surface area contributed by atoms with Crippen LogP contribution in [0.5, 0.6) is 11.5 Å². The molecular weight excluding hydrogens is 373 g/mol. The normalized spacial score (nSPS) is 17.0. The SMILES string of the molecule is COc1ccc(CNCC2CCCO2)cc1OS(=O)(=O)c1ccc(F)cc1. The molecule has 1 fully saturated rings. The van der Waals surface area contributed by atoms with E-state index in [0.29, 0.717) is 12.3 Å². The zero-order chi connectivity index (χ0) is 19.3. The van der Waals surface area contributed by atoms with E-state index < -0.39 is 15.9 Å². The number of nitrogens with one attached hydrogen (secondary N) is 1. The zero-order valence-electron chi connectivity index (χ0n) is 15.0. The Morgan fingerprint density at radius 1 is 1.19 bits per heavy atom. The second kappa shape index (κ2) is 8.69. The highest BCUT2D eigenvalue weighted by Gasteiger charge is 2.20.